The molecule has 0 spiro atoms. The lowest BCUT2D eigenvalue weighted by atomic mass is 10.1. The van der Waals surface area contributed by atoms with Gasteiger partial charge in [0.25, 0.3) is 0 Å². The number of ether oxygens (including phenoxy) is 1. The second kappa shape index (κ2) is 9.88. The van der Waals surface area contributed by atoms with Gasteiger partial charge in [-0.3, -0.25) is 0 Å². The van der Waals surface area contributed by atoms with E-state index in [1.807, 2.05) is 48.5 Å². The van der Waals surface area contributed by atoms with E-state index in [0.29, 0.717) is 6.61 Å². The van der Waals surface area contributed by atoms with Gasteiger partial charge in [0.05, 0.1) is 4.47 Å². The second-order valence-corrected chi connectivity index (χ2v) is 7.52. The number of benzene rings is 3. The predicted molar refractivity (Wildman–Crippen MR) is 112 cm³/mol. The summed E-state index contributed by atoms with van der Waals surface area (Å²) in [6.07, 6.45) is 0.865. The second-order valence-electron chi connectivity index (χ2n) is 6.23. The van der Waals surface area contributed by atoms with Crippen LogP contribution in [0.4, 0.5) is 4.39 Å². The lowest BCUT2D eigenvalue weighted by Gasteiger charge is -2.11. The Morgan fingerprint density at radius 2 is 1.56 bits per heavy atom. The Hall–Kier alpha value is -1.88. The highest BCUT2D eigenvalue weighted by Crippen LogP contribution is 2.27. The first kappa shape index (κ1) is 19.9. The van der Waals surface area contributed by atoms with Gasteiger partial charge in [-0.25, -0.2) is 4.39 Å². The Morgan fingerprint density at radius 1 is 0.889 bits per heavy atom. The zero-order valence-electron chi connectivity index (χ0n) is 14.7. The molecule has 0 saturated carbocycles. The van der Waals surface area contributed by atoms with Crippen molar-refractivity contribution in [2.75, 3.05) is 6.54 Å². The van der Waals surface area contributed by atoms with Crippen LogP contribution in [-0.4, -0.2) is 6.54 Å². The van der Waals surface area contributed by atoms with E-state index < -0.39 is 0 Å². The molecule has 2 nitrogen and oxygen atoms in total. The third-order valence-corrected chi connectivity index (χ3v) is 5.01. The van der Waals surface area contributed by atoms with E-state index in [0.717, 1.165) is 45.9 Å². The Kier molecular flexibility index (Phi) is 7.27. The fourth-order valence-electron chi connectivity index (χ4n) is 2.63. The molecule has 1 N–H and O–H groups in total. The molecule has 27 heavy (non-hydrogen) atoms. The van der Waals surface area contributed by atoms with Crippen molar-refractivity contribution >= 4 is 27.5 Å². The first-order valence-electron chi connectivity index (χ1n) is 8.71. The van der Waals surface area contributed by atoms with Crippen LogP contribution >= 0.6 is 27.5 Å². The van der Waals surface area contributed by atoms with Crippen molar-refractivity contribution in [3.8, 4) is 5.75 Å². The topological polar surface area (TPSA) is 21.3 Å². The molecule has 0 aromatic heterocycles. The van der Waals surface area contributed by atoms with Crippen molar-refractivity contribution in [2.24, 2.45) is 0 Å². The molecule has 3 rings (SSSR count). The van der Waals surface area contributed by atoms with Crippen molar-refractivity contribution in [3.63, 3.8) is 0 Å². The van der Waals surface area contributed by atoms with Crippen molar-refractivity contribution in [1.82, 2.24) is 5.32 Å². The Morgan fingerprint density at radius 3 is 2.26 bits per heavy atom. The van der Waals surface area contributed by atoms with Crippen molar-refractivity contribution in [3.05, 3.63) is 98.7 Å². The Balaban J connectivity index is 1.46. The highest BCUT2D eigenvalue weighted by Gasteiger charge is 2.04. The van der Waals surface area contributed by atoms with E-state index in [2.05, 4.69) is 27.3 Å². The zero-order valence-corrected chi connectivity index (χ0v) is 17.1. The zero-order chi connectivity index (χ0) is 19.1. The summed E-state index contributed by atoms with van der Waals surface area (Å²) in [4.78, 5) is 0. The minimum absolute atomic E-state index is 0.199. The van der Waals surface area contributed by atoms with E-state index in [1.54, 1.807) is 0 Å². The van der Waals surface area contributed by atoms with Gasteiger partial charge in [0, 0.05) is 11.6 Å². The van der Waals surface area contributed by atoms with Crippen molar-refractivity contribution in [2.45, 2.75) is 19.6 Å². The van der Waals surface area contributed by atoms with Crippen LogP contribution in [0.15, 0.2) is 71.2 Å². The Bertz CT molecular complexity index is 868. The summed E-state index contributed by atoms with van der Waals surface area (Å²) in [7, 11) is 0. The molecular formula is C22H20BrClFNO. The molecule has 0 heterocycles. The van der Waals surface area contributed by atoms with Crippen LogP contribution in [-0.2, 0) is 19.6 Å². The molecule has 0 aliphatic rings. The van der Waals surface area contributed by atoms with E-state index >= 15 is 0 Å². The molecule has 0 bridgehead atoms. The third kappa shape index (κ3) is 6.35. The summed E-state index contributed by atoms with van der Waals surface area (Å²) in [5, 5.41) is 4.13. The molecule has 0 aliphatic heterocycles. The lowest BCUT2D eigenvalue weighted by molar-refractivity contribution is 0.304. The molecular weight excluding hydrogens is 429 g/mol. The van der Waals surface area contributed by atoms with Gasteiger partial charge >= 0.3 is 0 Å². The molecule has 0 fully saturated rings. The molecule has 0 saturated heterocycles. The molecule has 0 atom stereocenters. The molecule has 0 amide bonds. The highest BCUT2D eigenvalue weighted by molar-refractivity contribution is 9.10. The van der Waals surface area contributed by atoms with Crippen LogP contribution in [0.5, 0.6) is 5.75 Å². The summed E-state index contributed by atoms with van der Waals surface area (Å²) >= 11 is 9.47. The molecule has 0 radical (unpaired) electrons. The van der Waals surface area contributed by atoms with Crippen LogP contribution in [0, 0.1) is 5.82 Å². The van der Waals surface area contributed by atoms with Crippen LogP contribution in [0.3, 0.4) is 0 Å². The van der Waals surface area contributed by atoms with Crippen molar-refractivity contribution < 1.29 is 9.13 Å². The first-order valence-corrected chi connectivity index (χ1v) is 9.88. The summed E-state index contributed by atoms with van der Waals surface area (Å²) in [5.74, 6) is 0.606. The number of hydrogen-bond acceptors (Lipinski definition) is 2. The summed E-state index contributed by atoms with van der Waals surface area (Å²) in [6, 6.07) is 20.3. The normalized spacial score (nSPS) is 10.8. The first-order chi connectivity index (χ1) is 13.1. The maximum absolute atomic E-state index is 12.9. The van der Waals surface area contributed by atoms with E-state index in [4.69, 9.17) is 16.3 Å². The van der Waals surface area contributed by atoms with E-state index in [-0.39, 0.29) is 5.82 Å². The largest absolute Gasteiger partial charge is 0.488 e. The summed E-state index contributed by atoms with van der Waals surface area (Å²) in [5.41, 5.74) is 3.36. The summed E-state index contributed by atoms with van der Waals surface area (Å²) < 4.78 is 19.7. The van der Waals surface area contributed by atoms with Gasteiger partial charge in [-0.05, 0) is 82.0 Å². The SMILES string of the molecule is Fc1ccc(CCNCc2ccc(OCc3ccc(Cl)cc3)c(Br)c2)cc1. The number of nitrogens with one attached hydrogen (secondary N) is 1. The van der Waals surface area contributed by atoms with Crippen LogP contribution in [0.25, 0.3) is 0 Å². The minimum atomic E-state index is -0.199. The van der Waals surface area contributed by atoms with Gasteiger partial charge in [0.1, 0.15) is 18.2 Å². The van der Waals surface area contributed by atoms with Crippen LogP contribution in [0.1, 0.15) is 16.7 Å². The maximum atomic E-state index is 12.9. The fourth-order valence-corrected chi connectivity index (χ4v) is 3.30. The number of hydrogen-bond donors (Lipinski definition) is 1. The van der Waals surface area contributed by atoms with Crippen molar-refractivity contribution in [1.29, 1.82) is 0 Å². The molecule has 3 aromatic carbocycles. The average molecular weight is 449 g/mol. The smallest absolute Gasteiger partial charge is 0.134 e. The van der Waals surface area contributed by atoms with Gasteiger partial charge < -0.3 is 10.1 Å². The quantitative estimate of drug-likeness (QED) is 0.417. The molecule has 3 aromatic rings. The van der Waals surface area contributed by atoms with Gasteiger partial charge in [-0.15, -0.1) is 0 Å². The summed E-state index contributed by atoms with van der Waals surface area (Å²) in [6.45, 7) is 2.08. The molecule has 0 aliphatic carbocycles. The van der Waals surface area contributed by atoms with E-state index in [9.17, 15) is 4.39 Å². The van der Waals surface area contributed by atoms with Gasteiger partial charge in [-0.1, -0.05) is 41.9 Å². The van der Waals surface area contributed by atoms with Crippen LogP contribution in [0.2, 0.25) is 5.02 Å². The number of rotatable bonds is 8. The monoisotopic (exact) mass is 447 g/mol. The van der Waals surface area contributed by atoms with Gasteiger partial charge in [0.2, 0.25) is 0 Å². The number of halogens is 3. The van der Waals surface area contributed by atoms with Gasteiger partial charge in [0.15, 0.2) is 0 Å². The van der Waals surface area contributed by atoms with Crippen LogP contribution < -0.4 is 10.1 Å². The maximum Gasteiger partial charge on any atom is 0.134 e. The average Bonchev–Trinajstić information content (AvgIpc) is 2.67. The fraction of sp³-hybridized carbons (Fsp3) is 0.182. The van der Waals surface area contributed by atoms with E-state index in [1.165, 1.54) is 17.7 Å². The van der Waals surface area contributed by atoms with Gasteiger partial charge in [-0.2, -0.15) is 0 Å². The standard InChI is InChI=1S/C22H20BrClFNO/c23-21-13-18(14-26-12-11-16-3-8-20(25)9-4-16)5-10-22(21)27-15-17-1-6-19(24)7-2-17/h1-10,13,26H,11-12,14-15H2. The lowest BCUT2D eigenvalue weighted by Crippen LogP contribution is -2.16. The Labute approximate surface area is 172 Å². The minimum Gasteiger partial charge on any atom is -0.488 e. The highest BCUT2D eigenvalue weighted by atomic mass is 79.9. The third-order valence-electron chi connectivity index (χ3n) is 4.14. The molecule has 140 valence electrons. The predicted octanol–water partition coefficient (Wildman–Crippen LogP) is 6.15. The molecule has 0 unspecified atom stereocenters. The molecule has 5 heteroatoms.